The van der Waals surface area contributed by atoms with Crippen molar-refractivity contribution in [2.75, 3.05) is 39.0 Å². The van der Waals surface area contributed by atoms with Crippen molar-refractivity contribution in [3.63, 3.8) is 0 Å². The van der Waals surface area contributed by atoms with Crippen molar-refractivity contribution < 1.29 is 8.42 Å². The number of rotatable bonds is 5. The fourth-order valence-corrected chi connectivity index (χ4v) is 4.41. The third kappa shape index (κ3) is 3.56. The van der Waals surface area contributed by atoms with Crippen molar-refractivity contribution in [3.8, 4) is 0 Å². The SMILES string of the molecule is CCNc1ccccc1S(=O)(=O)N1CCCC(N(C)C)C1. The molecule has 1 atom stereocenters. The maximum atomic E-state index is 12.9. The van der Waals surface area contributed by atoms with E-state index in [4.69, 9.17) is 0 Å². The molecule has 1 heterocycles. The first kappa shape index (κ1) is 16.3. The van der Waals surface area contributed by atoms with Gasteiger partial charge in [0.15, 0.2) is 0 Å². The van der Waals surface area contributed by atoms with Gasteiger partial charge in [-0.15, -0.1) is 0 Å². The lowest BCUT2D eigenvalue weighted by atomic mass is 10.1. The summed E-state index contributed by atoms with van der Waals surface area (Å²) in [6, 6.07) is 7.44. The number of piperidine rings is 1. The predicted molar refractivity (Wildman–Crippen MR) is 86.1 cm³/mol. The number of benzene rings is 1. The molecule has 118 valence electrons. The zero-order valence-electron chi connectivity index (χ0n) is 13.0. The Bertz CT molecular complexity index is 572. The van der Waals surface area contributed by atoms with Gasteiger partial charge in [0.25, 0.3) is 0 Å². The Morgan fingerprint density at radius 3 is 2.71 bits per heavy atom. The molecule has 6 heteroatoms. The van der Waals surface area contributed by atoms with Gasteiger partial charge in [-0.3, -0.25) is 0 Å². The van der Waals surface area contributed by atoms with Crippen LogP contribution in [0.5, 0.6) is 0 Å². The van der Waals surface area contributed by atoms with Crippen molar-refractivity contribution in [2.24, 2.45) is 0 Å². The number of nitrogens with one attached hydrogen (secondary N) is 1. The normalized spacial score (nSPS) is 20.7. The molecule has 0 spiro atoms. The minimum absolute atomic E-state index is 0.292. The van der Waals surface area contributed by atoms with Gasteiger partial charge in [0.05, 0.1) is 5.69 Å². The number of likely N-dealkylation sites (N-methyl/N-ethyl adjacent to an activating group) is 1. The number of anilines is 1. The van der Waals surface area contributed by atoms with Crippen molar-refractivity contribution in [1.82, 2.24) is 9.21 Å². The zero-order chi connectivity index (χ0) is 15.5. The minimum Gasteiger partial charge on any atom is -0.384 e. The molecule has 21 heavy (non-hydrogen) atoms. The molecule has 2 rings (SSSR count). The van der Waals surface area contributed by atoms with Crippen LogP contribution in [-0.2, 0) is 10.0 Å². The minimum atomic E-state index is -3.44. The molecule has 1 N–H and O–H groups in total. The second-order valence-corrected chi connectivity index (χ2v) is 7.56. The second kappa shape index (κ2) is 6.77. The molecule has 0 amide bonds. The van der Waals surface area contributed by atoms with E-state index in [1.807, 2.05) is 33.2 Å². The summed E-state index contributed by atoms with van der Waals surface area (Å²) in [5.74, 6) is 0. The smallest absolute Gasteiger partial charge is 0.245 e. The van der Waals surface area contributed by atoms with E-state index in [0.717, 1.165) is 12.8 Å². The van der Waals surface area contributed by atoms with Gasteiger partial charge in [-0.2, -0.15) is 4.31 Å². The number of sulfonamides is 1. The second-order valence-electron chi connectivity index (χ2n) is 5.65. The highest BCUT2D eigenvalue weighted by atomic mass is 32.2. The van der Waals surface area contributed by atoms with Crippen molar-refractivity contribution in [2.45, 2.75) is 30.7 Å². The van der Waals surface area contributed by atoms with Crippen molar-refractivity contribution in [1.29, 1.82) is 0 Å². The highest BCUT2D eigenvalue weighted by molar-refractivity contribution is 7.89. The molecule has 1 fully saturated rings. The summed E-state index contributed by atoms with van der Waals surface area (Å²) in [4.78, 5) is 2.49. The topological polar surface area (TPSA) is 52.7 Å². The highest BCUT2D eigenvalue weighted by Gasteiger charge is 2.32. The molecule has 1 aromatic carbocycles. The van der Waals surface area contributed by atoms with Crippen molar-refractivity contribution >= 4 is 15.7 Å². The van der Waals surface area contributed by atoms with Crippen LogP contribution in [0.2, 0.25) is 0 Å². The number of para-hydroxylation sites is 1. The molecule has 0 aliphatic carbocycles. The van der Waals surface area contributed by atoms with E-state index in [0.29, 0.717) is 36.3 Å². The van der Waals surface area contributed by atoms with Crippen LogP contribution in [0.1, 0.15) is 19.8 Å². The standard InChI is InChI=1S/C15H25N3O2S/c1-4-16-14-9-5-6-10-15(14)21(19,20)18-11-7-8-13(12-18)17(2)3/h5-6,9-10,13,16H,4,7-8,11-12H2,1-3H3. The molecule has 1 saturated heterocycles. The molecule has 0 saturated carbocycles. The molecule has 1 aromatic rings. The van der Waals surface area contributed by atoms with Gasteiger partial charge in [-0.25, -0.2) is 8.42 Å². The maximum absolute atomic E-state index is 12.9. The number of hydrogen-bond donors (Lipinski definition) is 1. The third-order valence-electron chi connectivity index (χ3n) is 3.96. The molecule has 0 radical (unpaired) electrons. The first-order valence-corrected chi connectivity index (χ1v) is 8.90. The van der Waals surface area contributed by atoms with E-state index in [1.165, 1.54) is 0 Å². The molecule has 0 bridgehead atoms. The van der Waals surface area contributed by atoms with Crippen LogP contribution in [0.3, 0.4) is 0 Å². The first-order chi connectivity index (χ1) is 9.96. The van der Waals surface area contributed by atoms with E-state index in [9.17, 15) is 8.42 Å². The van der Waals surface area contributed by atoms with E-state index in [1.54, 1.807) is 16.4 Å². The third-order valence-corrected chi connectivity index (χ3v) is 5.88. The van der Waals surface area contributed by atoms with Crippen LogP contribution in [-0.4, -0.2) is 57.4 Å². The average molecular weight is 311 g/mol. The van der Waals surface area contributed by atoms with E-state index in [2.05, 4.69) is 10.2 Å². The largest absolute Gasteiger partial charge is 0.384 e. The van der Waals surface area contributed by atoms with E-state index in [-0.39, 0.29) is 0 Å². The number of nitrogens with zero attached hydrogens (tertiary/aromatic N) is 2. The van der Waals surface area contributed by atoms with Crippen LogP contribution in [0.4, 0.5) is 5.69 Å². The Labute approximate surface area is 128 Å². The Balaban J connectivity index is 2.29. The van der Waals surface area contributed by atoms with Crippen LogP contribution >= 0.6 is 0 Å². The van der Waals surface area contributed by atoms with Crippen LogP contribution < -0.4 is 5.32 Å². The molecule has 5 nitrogen and oxygen atoms in total. The molecule has 0 aromatic heterocycles. The monoisotopic (exact) mass is 311 g/mol. The van der Waals surface area contributed by atoms with Crippen LogP contribution in [0.25, 0.3) is 0 Å². The molecular formula is C15H25N3O2S. The quantitative estimate of drug-likeness (QED) is 0.901. The Morgan fingerprint density at radius 2 is 2.05 bits per heavy atom. The van der Waals surface area contributed by atoms with Gasteiger partial charge in [-0.05, 0) is 46.0 Å². The average Bonchev–Trinajstić information content (AvgIpc) is 2.48. The van der Waals surface area contributed by atoms with Crippen LogP contribution in [0.15, 0.2) is 29.2 Å². The van der Waals surface area contributed by atoms with Gasteiger partial charge in [0.2, 0.25) is 10.0 Å². The zero-order valence-corrected chi connectivity index (χ0v) is 13.9. The van der Waals surface area contributed by atoms with Gasteiger partial charge in [0, 0.05) is 25.7 Å². The van der Waals surface area contributed by atoms with E-state index >= 15 is 0 Å². The van der Waals surface area contributed by atoms with Gasteiger partial charge >= 0.3 is 0 Å². The van der Waals surface area contributed by atoms with Crippen LogP contribution in [0, 0.1) is 0 Å². The van der Waals surface area contributed by atoms with Crippen molar-refractivity contribution in [3.05, 3.63) is 24.3 Å². The molecular weight excluding hydrogens is 286 g/mol. The Morgan fingerprint density at radius 1 is 1.33 bits per heavy atom. The summed E-state index contributed by atoms with van der Waals surface area (Å²) in [5, 5.41) is 3.14. The summed E-state index contributed by atoms with van der Waals surface area (Å²) < 4.78 is 27.5. The fourth-order valence-electron chi connectivity index (χ4n) is 2.73. The summed E-state index contributed by atoms with van der Waals surface area (Å²) >= 11 is 0. The lowest BCUT2D eigenvalue weighted by Crippen LogP contribution is -2.47. The summed E-state index contributed by atoms with van der Waals surface area (Å²) in [7, 11) is 0.577. The summed E-state index contributed by atoms with van der Waals surface area (Å²) in [6.45, 7) is 3.84. The highest BCUT2D eigenvalue weighted by Crippen LogP contribution is 2.27. The maximum Gasteiger partial charge on any atom is 0.245 e. The predicted octanol–water partition coefficient (Wildman–Crippen LogP) is 1.83. The van der Waals surface area contributed by atoms with Gasteiger partial charge < -0.3 is 10.2 Å². The molecule has 1 unspecified atom stereocenters. The lowest BCUT2D eigenvalue weighted by Gasteiger charge is -2.35. The Hall–Kier alpha value is -1.11. The van der Waals surface area contributed by atoms with Gasteiger partial charge in [0.1, 0.15) is 4.90 Å². The summed E-state index contributed by atoms with van der Waals surface area (Å²) in [6.07, 6.45) is 1.96. The first-order valence-electron chi connectivity index (χ1n) is 7.46. The van der Waals surface area contributed by atoms with Gasteiger partial charge in [-0.1, -0.05) is 12.1 Å². The summed E-state index contributed by atoms with van der Waals surface area (Å²) in [5.41, 5.74) is 0.687. The molecule has 1 aliphatic rings. The lowest BCUT2D eigenvalue weighted by molar-refractivity contribution is 0.190. The number of hydrogen-bond acceptors (Lipinski definition) is 4. The Kier molecular flexibility index (Phi) is 5.24. The molecule has 1 aliphatic heterocycles. The van der Waals surface area contributed by atoms with E-state index < -0.39 is 10.0 Å². The fraction of sp³-hybridized carbons (Fsp3) is 0.600.